The zero-order chi connectivity index (χ0) is 13.8. The number of rotatable bonds is 1. The van der Waals surface area contributed by atoms with Crippen molar-refractivity contribution in [3.8, 4) is 0 Å². The highest BCUT2D eigenvalue weighted by molar-refractivity contribution is 5.85. The highest BCUT2D eigenvalue weighted by Gasteiger charge is 2.34. The minimum absolute atomic E-state index is 0.0644. The summed E-state index contributed by atoms with van der Waals surface area (Å²) in [5.41, 5.74) is 2.58. The lowest BCUT2D eigenvalue weighted by Crippen LogP contribution is -2.41. The molecule has 0 saturated carbocycles. The summed E-state index contributed by atoms with van der Waals surface area (Å²) in [4.78, 5) is 14.4. The van der Waals surface area contributed by atoms with E-state index in [0.717, 1.165) is 38.8 Å². The van der Waals surface area contributed by atoms with Crippen molar-refractivity contribution in [3.63, 3.8) is 0 Å². The van der Waals surface area contributed by atoms with Crippen LogP contribution in [0.5, 0.6) is 0 Å². The lowest BCUT2D eigenvalue weighted by atomic mass is 9.95. The fourth-order valence-corrected chi connectivity index (χ4v) is 3.09. The number of hydrogen-bond donors (Lipinski definition) is 1. The Labute approximate surface area is 116 Å². The van der Waals surface area contributed by atoms with E-state index in [1.807, 2.05) is 18.7 Å². The smallest absolute Gasteiger partial charge is 0.244 e. The number of nitrogens with zero attached hydrogens (tertiary/aromatic N) is 1. The van der Waals surface area contributed by atoms with Crippen LogP contribution >= 0.6 is 0 Å². The third-order valence-electron chi connectivity index (χ3n) is 4.02. The maximum Gasteiger partial charge on any atom is 0.244 e. The molecule has 106 valence electrons. The van der Waals surface area contributed by atoms with Crippen molar-refractivity contribution in [2.45, 2.75) is 52.5 Å². The van der Waals surface area contributed by atoms with Crippen LogP contribution in [-0.4, -0.2) is 29.9 Å². The van der Waals surface area contributed by atoms with Crippen LogP contribution in [0.3, 0.4) is 0 Å². The Morgan fingerprint density at radius 3 is 2.89 bits per heavy atom. The normalized spacial score (nSPS) is 29.1. The molecule has 2 saturated heterocycles. The molecule has 2 unspecified atom stereocenters. The highest BCUT2D eigenvalue weighted by Crippen LogP contribution is 2.34. The number of allylic oxidation sites excluding steroid dienone is 3. The van der Waals surface area contributed by atoms with Crippen LogP contribution in [0.25, 0.3) is 0 Å². The summed E-state index contributed by atoms with van der Waals surface area (Å²) in [6.45, 7) is 8.10. The first-order chi connectivity index (χ1) is 9.25. The van der Waals surface area contributed by atoms with Crippen LogP contribution in [0.4, 0.5) is 0 Å². The molecular formula is C16H26N2O. The standard InChI is InChI=1S/C14H20N2O.C2H6/c1-10-4-5-13-11(9-10)6-8-16(13)14(17)12-3-2-7-15-12;1-2/h5,9-10,12,15H,2-4,6-8H2,1H3;1-2H3. The maximum absolute atomic E-state index is 12.4. The Balaban J connectivity index is 0.000000637. The van der Waals surface area contributed by atoms with Crippen molar-refractivity contribution in [2.75, 3.05) is 13.1 Å². The van der Waals surface area contributed by atoms with Gasteiger partial charge in [0, 0.05) is 12.2 Å². The van der Waals surface area contributed by atoms with Crippen molar-refractivity contribution < 1.29 is 4.79 Å². The van der Waals surface area contributed by atoms with Crippen molar-refractivity contribution in [2.24, 2.45) is 5.92 Å². The second-order valence-electron chi connectivity index (χ2n) is 5.38. The van der Waals surface area contributed by atoms with E-state index < -0.39 is 0 Å². The molecule has 0 bridgehead atoms. The van der Waals surface area contributed by atoms with E-state index in [1.165, 1.54) is 11.3 Å². The second-order valence-corrected chi connectivity index (χ2v) is 5.38. The molecule has 2 atom stereocenters. The Morgan fingerprint density at radius 1 is 1.42 bits per heavy atom. The van der Waals surface area contributed by atoms with E-state index in [0.29, 0.717) is 5.92 Å². The van der Waals surface area contributed by atoms with Gasteiger partial charge in [0.15, 0.2) is 0 Å². The summed E-state index contributed by atoms with van der Waals surface area (Å²) in [7, 11) is 0. The molecule has 2 fully saturated rings. The summed E-state index contributed by atoms with van der Waals surface area (Å²) < 4.78 is 0. The van der Waals surface area contributed by atoms with Crippen LogP contribution in [0, 0.1) is 5.92 Å². The Hall–Kier alpha value is -1.09. The molecule has 19 heavy (non-hydrogen) atoms. The van der Waals surface area contributed by atoms with Gasteiger partial charge in [0.25, 0.3) is 0 Å². The van der Waals surface area contributed by atoms with E-state index in [9.17, 15) is 4.79 Å². The Kier molecular flexibility index (Phi) is 4.81. The van der Waals surface area contributed by atoms with Gasteiger partial charge in [-0.15, -0.1) is 0 Å². The monoisotopic (exact) mass is 262 g/mol. The Morgan fingerprint density at radius 2 is 2.21 bits per heavy atom. The number of amides is 1. The van der Waals surface area contributed by atoms with E-state index >= 15 is 0 Å². The first-order valence-corrected chi connectivity index (χ1v) is 7.71. The van der Waals surface area contributed by atoms with Gasteiger partial charge in [-0.3, -0.25) is 4.79 Å². The van der Waals surface area contributed by atoms with Crippen molar-refractivity contribution >= 4 is 5.91 Å². The molecule has 3 rings (SSSR count). The van der Waals surface area contributed by atoms with Gasteiger partial charge < -0.3 is 10.2 Å². The average Bonchev–Trinajstić information content (AvgIpc) is 3.09. The lowest BCUT2D eigenvalue weighted by Gasteiger charge is -2.24. The number of fused-ring (bicyclic) bond motifs is 1. The topological polar surface area (TPSA) is 32.3 Å². The lowest BCUT2D eigenvalue weighted by molar-refractivity contribution is -0.130. The van der Waals surface area contributed by atoms with Gasteiger partial charge in [-0.2, -0.15) is 0 Å². The van der Waals surface area contributed by atoms with E-state index in [2.05, 4.69) is 24.4 Å². The number of carbonyl (C=O) groups is 1. The van der Waals surface area contributed by atoms with E-state index in [4.69, 9.17) is 0 Å². The number of hydrogen-bond acceptors (Lipinski definition) is 2. The number of nitrogens with one attached hydrogen (secondary N) is 1. The summed E-state index contributed by atoms with van der Waals surface area (Å²) in [6.07, 6.45) is 8.82. The molecule has 2 aliphatic heterocycles. The molecule has 3 nitrogen and oxygen atoms in total. The molecule has 3 heteroatoms. The first-order valence-electron chi connectivity index (χ1n) is 7.71. The molecule has 1 N–H and O–H groups in total. The predicted octanol–water partition coefficient (Wildman–Crippen LogP) is 2.85. The minimum atomic E-state index is 0.0644. The average molecular weight is 262 g/mol. The summed E-state index contributed by atoms with van der Waals surface area (Å²) in [6, 6.07) is 0.0644. The number of likely N-dealkylation sites (tertiary alicyclic amines) is 1. The molecule has 0 aromatic heterocycles. The van der Waals surface area contributed by atoms with E-state index in [-0.39, 0.29) is 11.9 Å². The maximum atomic E-state index is 12.4. The molecule has 0 aromatic rings. The van der Waals surface area contributed by atoms with E-state index in [1.54, 1.807) is 0 Å². The summed E-state index contributed by atoms with van der Waals surface area (Å²) in [5, 5.41) is 3.30. The molecule has 0 spiro atoms. The third kappa shape index (κ3) is 2.92. The molecule has 0 radical (unpaired) electrons. The van der Waals surface area contributed by atoms with Gasteiger partial charge in [0.2, 0.25) is 5.91 Å². The Bertz CT molecular complexity index is 392. The van der Waals surface area contributed by atoms with Crippen LogP contribution in [0.15, 0.2) is 23.4 Å². The van der Waals surface area contributed by atoms with Gasteiger partial charge in [-0.1, -0.05) is 32.9 Å². The van der Waals surface area contributed by atoms with Crippen molar-refractivity contribution in [1.29, 1.82) is 0 Å². The van der Waals surface area contributed by atoms with Crippen molar-refractivity contribution in [1.82, 2.24) is 10.2 Å². The molecule has 2 heterocycles. The van der Waals surface area contributed by atoms with Gasteiger partial charge in [-0.25, -0.2) is 0 Å². The molecule has 0 aromatic carbocycles. The summed E-state index contributed by atoms with van der Waals surface area (Å²) in [5.74, 6) is 0.917. The number of carbonyl (C=O) groups excluding carboxylic acids is 1. The van der Waals surface area contributed by atoms with Gasteiger partial charge >= 0.3 is 0 Å². The predicted molar refractivity (Wildman–Crippen MR) is 78.6 cm³/mol. The van der Waals surface area contributed by atoms with Crippen LogP contribution in [0.1, 0.15) is 46.5 Å². The SMILES string of the molecule is CC.CC1C=C2CCN(C(=O)C3CCCN3)C2=CC1. The zero-order valence-corrected chi connectivity index (χ0v) is 12.4. The largest absolute Gasteiger partial charge is 0.311 e. The fraction of sp³-hybridized carbons (Fsp3) is 0.688. The molecule has 1 aliphatic carbocycles. The molecule has 3 aliphatic rings. The van der Waals surface area contributed by atoms with Crippen LogP contribution in [0.2, 0.25) is 0 Å². The van der Waals surface area contributed by atoms with Gasteiger partial charge in [0.05, 0.1) is 6.04 Å². The highest BCUT2D eigenvalue weighted by atomic mass is 16.2. The van der Waals surface area contributed by atoms with Gasteiger partial charge in [-0.05, 0) is 43.7 Å². The molecule has 1 amide bonds. The zero-order valence-electron chi connectivity index (χ0n) is 12.4. The van der Waals surface area contributed by atoms with Crippen LogP contribution in [-0.2, 0) is 4.79 Å². The quantitative estimate of drug-likeness (QED) is 0.788. The summed E-state index contributed by atoms with van der Waals surface area (Å²) >= 11 is 0. The van der Waals surface area contributed by atoms with Crippen molar-refractivity contribution in [3.05, 3.63) is 23.4 Å². The second kappa shape index (κ2) is 6.38. The third-order valence-corrected chi connectivity index (χ3v) is 4.02. The minimum Gasteiger partial charge on any atom is -0.311 e. The fourth-order valence-electron chi connectivity index (χ4n) is 3.09. The molecular weight excluding hydrogens is 236 g/mol. The van der Waals surface area contributed by atoms with Gasteiger partial charge in [0.1, 0.15) is 0 Å². The first kappa shape index (κ1) is 14.3. The van der Waals surface area contributed by atoms with Crippen LogP contribution < -0.4 is 5.32 Å².